The normalized spacial score (nSPS) is 16.9. The Kier molecular flexibility index (Phi) is 2.91. The van der Waals surface area contributed by atoms with Crippen LogP contribution < -0.4 is 11.1 Å². The van der Waals surface area contributed by atoms with Gasteiger partial charge in [-0.2, -0.15) is 0 Å². The van der Waals surface area contributed by atoms with E-state index in [0.717, 1.165) is 18.5 Å². The average Bonchev–Trinajstić information content (AvgIpc) is 2.82. The van der Waals surface area contributed by atoms with Gasteiger partial charge in [-0.3, -0.25) is 9.78 Å². The lowest BCUT2D eigenvalue weighted by Gasteiger charge is -2.13. The predicted molar refractivity (Wildman–Crippen MR) is 73.6 cm³/mol. The fraction of sp³-hybridized carbons (Fsp3) is 0.200. The molecule has 1 atom stereocenters. The summed E-state index contributed by atoms with van der Waals surface area (Å²) in [5.74, 6) is -0.129. The van der Waals surface area contributed by atoms with Crippen LogP contribution in [-0.4, -0.2) is 10.9 Å². The number of fused-ring (bicyclic) bond motifs is 1. The zero-order valence-corrected chi connectivity index (χ0v) is 10.5. The first-order valence-electron chi connectivity index (χ1n) is 6.34. The van der Waals surface area contributed by atoms with E-state index in [0.29, 0.717) is 5.69 Å². The molecular weight excluding hydrogens is 238 g/mol. The zero-order valence-electron chi connectivity index (χ0n) is 10.5. The van der Waals surface area contributed by atoms with E-state index in [1.165, 1.54) is 11.1 Å². The minimum absolute atomic E-state index is 0.0603. The fourth-order valence-corrected chi connectivity index (χ4v) is 2.52. The molecular formula is C15H15N3O. The third-order valence-corrected chi connectivity index (χ3v) is 3.45. The lowest BCUT2D eigenvalue weighted by molar-refractivity contribution is 0.0931. The summed E-state index contributed by atoms with van der Waals surface area (Å²) in [5.41, 5.74) is 9.39. The number of rotatable bonds is 2. The Hall–Kier alpha value is -2.36. The predicted octanol–water partition coefficient (Wildman–Crippen LogP) is 2.08. The highest BCUT2D eigenvalue weighted by Gasteiger charge is 2.24. The summed E-state index contributed by atoms with van der Waals surface area (Å²) in [6.45, 7) is 0. The van der Waals surface area contributed by atoms with Gasteiger partial charge in [0.25, 0.3) is 5.91 Å². The number of aromatic nitrogens is 1. The standard InChI is InChI=1S/C15H15N3O/c16-11-5-6-12-10(9-11)4-7-13(12)18-15(19)14-3-1-2-8-17-14/h1-3,5-6,8-9,13H,4,7,16H2,(H,18,19). The van der Waals surface area contributed by atoms with Gasteiger partial charge in [-0.15, -0.1) is 0 Å². The maximum Gasteiger partial charge on any atom is 0.270 e. The first-order chi connectivity index (χ1) is 9.24. The van der Waals surface area contributed by atoms with Crippen molar-refractivity contribution in [2.24, 2.45) is 0 Å². The molecule has 1 aliphatic rings. The van der Waals surface area contributed by atoms with Gasteiger partial charge in [-0.25, -0.2) is 0 Å². The summed E-state index contributed by atoms with van der Waals surface area (Å²) >= 11 is 0. The Bertz CT molecular complexity index is 610. The van der Waals surface area contributed by atoms with Crippen molar-refractivity contribution in [3.8, 4) is 0 Å². The quantitative estimate of drug-likeness (QED) is 0.805. The topological polar surface area (TPSA) is 68.0 Å². The molecule has 1 aromatic heterocycles. The Labute approximate surface area is 111 Å². The van der Waals surface area contributed by atoms with E-state index in [-0.39, 0.29) is 11.9 Å². The van der Waals surface area contributed by atoms with Crippen molar-refractivity contribution in [3.05, 3.63) is 59.4 Å². The van der Waals surface area contributed by atoms with Crippen LogP contribution in [-0.2, 0) is 6.42 Å². The third-order valence-electron chi connectivity index (χ3n) is 3.45. The number of hydrogen-bond acceptors (Lipinski definition) is 3. The molecule has 2 aromatic rings. The highest BCUT2D eigenvalue weighted by Crippen LogP contribution is 2.32. The van der Waals surface area contributed by atoms with Crippen LogP contribution in [0.4, 0.5) is 5.69 Å². The molecule has 4 heteroatoms. The lowest BCUT2D eigenvalue weighted by atomic mass is 10.1. The second-order valence-electron chi connectivity index (χ2n) is 4.74. The Morgan fingerprint density at radius 3 is 3.00 bits per heavy atom. The molecule has 0 fully saturated rings. The molecule has 4 nitrogen and oxygen atoms in total. The molecule has 0 saturated carbocycles. The van der Waals surface area contributed by atoms with E-state index in [1.807, 2.05) is 24.3 Å². The van der Waals surface area contributed by atoms with Crippen LogP contribution in [0.1, 0.15) is 34.1 Å². The van der Waals surface area contributed by atoms with Crippen molar-refractivity contribution in [2.45, 2.75) is 18.9 Å². The molecule has 1 aromatic carbocycles. The Morgan fingerprint density at radius 2 is 2.21 bits per heavy atom. The van der Waals surface area contributed by atoms with Crippen LogP contribution in [0.5, 0.6) is 0 Å². The van der Waals surface area contributed by atoms with E-state index in [9.17, 15) is 4.79 Å². The molecule has 0 bridgehead atoms. The van der Waals surface area contributed by atoms with Crippen LogP contribution in [0.3, 0.4) is 0 Å². The number of aryl methyl sites for hydroxylation is 1. The third kappa shape index (κ3) is 2.29. The van der Waals surface area contributed by atoms with Gasteiger partial charge >= 0.3 is 0 Å². The highest BCUT2D eigenvalue weighted by atomic mass is 16.1. The molecule has 19 heavy (non-hydrogen) atoms. The fourth-order valence-electron chi connectivity index (χ4n) is 2.52. The van der Waals surface area contributed by atoms with Crippen LogP contribution >= 0.6 is 0 Å². The zero-order chi connectivity index (χ0) is 13.2. The number of nitrogens with zero attached hydrogens (tertiary/aromatic N) is 1. The van der Waals surface area contributed by atoms with E-state index >= 15 is 0 Å². The number of benzene rings is 1. The second kappa shape index (κ2) is 4.72. The molecule has 1 unspecified atom stereocenters. The SMILES string of the molecule is Nc1ccc2c(c1)CCC2NC(=O)c1ccccn1. The number of nitrogens with two attached hydrogens (primary N) is 1. The minimum Gasteiger partial charge on any atom is -0.399 e. The van der Waals surface area contributed by atoms with Crippen LogP contribution in [0, 0.1) is 0 Å². The largest absolute Gasteiger partial charge is 0.399 e. The molecule has 3 N–H and O–H groups in total. The number of nitrogens with one attached hydrogen (secondary N) is 1. The van der Waals surface area contributed by atoms with Crippen molar-refractivity contribution in [3.63, 3.8) is 0 Å². The van der Waals surface area contributed by atoms with Gasteiger partial charge in [0.05, 0.1) is 6.04 Å². The highest BCUT2D eigenvalue weighted by molar-refractivity contribution is 5.92. The minimum atomic E-state index is -0.129. The van der Waals surface area contributed by atoms with Crippen molar-refractivity contribution >= 4 is 11.6 Å². The summed E-state index contributed by atoms with van der Waals surface area (Å²) in [5, 5.41) is 3.03. The number of pyridine rings is 1. The molecule has 0 aliphatic heterocycles. The summed E-state index contributed by atoms with van der Waals surface area (Å²) in [4.78, 5) is 16.1. The van der Waals surface area contributed by atoms with Crippen LogP contribution in [0.2, 0.25) is 0 Å². The molecule has 1 heterocycles. The Morgan fingerprint density at radius 1 is 1.32 bits per heavy atom. The number of anilines is 1. The molecule has 96 valence electrons. The molecule has 1 amide bonds. The van der Waals surface area contributed by atoms with Crippen molar-refractivity contribution in [1.29, 1.82) is 0 Å². The van der Waals surface area contributed by atoms with Gasteiger partial charge < -0.3 is 11.1 Å². The summed E-state index contributed by atoms with van der Waals surface area (Å²) in [6, 6.07) is 11.3. The first kappa shape index (κ1) is 11.7. The monoisotopic (exact) mass is 253 g/mol. The van der Waals surface area contributed by atoms with Gasteiger partial charge in [0.2, 0.25) is 0 Å². The van der Waals surface area contributed by atoms with Crippen molar-refractivity contribution in [2.75, 3.05) is 5.73 Å². The molecule has 1 aliphatic carbocycles. The van der Waals surface area contributed by atoms with E-state index in [2.05, 4.69) is 10.3 Å². The van der Waals surface area contributed by atoms with Crippen molar-refractivity contribution in [1.82, 2.24) is 10.3 Å². The summed E-state index contributed by atoms with van der Waals surface area (Å²) in [7, 11) is 0. The smallest absolute Gasteiger partial charge is 0.270 e. The van der Waals surface area contributed by atoms with Crippen LogP contribution in [0.25, 0.3) is 0 Å². The molecule has 0 radical (unpaired) electrons. The summed E-state index contributed by atoms with van der Waals surface area (Å²) < 4.78 is 0. The van der Waals surface area contributed by atoms with E-state index < -0.39 is 0 Å². The van der Waals surface area contributed by atoms with Gasteiger partial charge in [0, 0.05) is 11.9 Å². The molecule has 3 rings (SSSR count). The number of carbonyl (C=O) groups is 1. The average molecular weight is 253 g/mol. The lowest BCUT2D eigenvalue weighted by Crippen LogP contribution is -2.27. The van der Waals surface area contributed by atoms with Crippen LogP contribution in [0.15, 0.2) is 42.6 Å². The maximum absolute atomic E-state index is 12.1. The first-order valence-corrected chi connectivity index (χ1v) is 6.34. The summed E-state index contributed by atoms with van der Waals surface area (Å²) in [6.07, 6.45) is 3.49. The van der Waals surface area contributed by atoms with Gasteiger partial charge in [0.15, 0.2) is 0 Å². The number of nitrogen functional groups attached to an aromatic ring is 1. The van der Waals surface area contributed by atoms with Gasteiger partial charge in [0.1, 0.15) is 5.69 Å². The van der Waals surface area contributed by atoms with E-state index in [1.54, 1.807) is 18.3 Å². The number of hydrogen-bond donors (Lipinski definition) is 2. The van der Waals surface area contributed by atoms with Crippen molar-refractivity contribution < 1.29 is 4.79 Å². The van der Waals surface area contributed by atoms with Gasteiger partial charge in [-0.05, 0) is 48.2 Å². The molecule has 0 spiro atoms. The van der Waals surface area contributed by atoms with E-state index in [4.69, 9.17) is 5.73 Å². The number of carbonyl (C=O) groups excluding carboxylic acids is 1. The van der Waals surface area contributed by atoms with Gasteiger partial charge in [-0.1, -0.05) is 12.1 Å². The molecule has 0 saturated heterocycles. The second-order valence-corrected chi connectivity index (χ2v) is 4.74. The Balaban J connectivity index is 1.78. The number of amides is 1. The maximum atomic E-state index is 12.1.